The summed E-state index contributed by atoms with van der Waals surface area (Å²) in [4.78, 5) is 20.0. The van der Waals surface area contributed by atoms with Crippen LogP contribution >= 0.6 is 0 Å². The van der Waals surface area contributed by atoms with Crippen LogP contribution in [0.1, 0.15) is 0 Å². The average molecular weight is 567 g/mol. The fraction of sp³-hybridized carbons (Fsp3) is 0.833. The van der Waals surface area contributed by atoms with Crippen molar-refractivity contribution < 1.29 is 113 Å². The summed E-state index contributed by atoms with van der Waals surface area (Å²) < 4.78 is 0. The second-order valence-corrected chi connectivity index (χ2v) is 4.99. The largest absolute Gasteiger partial charge is 2.00 e. The van der Waals surface area contributed by atoms with Gasteiger partial charge < -0.3 is 83.3 Å². The average Bonchev–Trinajstić information content (AvgIpc) is 2.62. The van der Waals surface area contributed by atoms with Crippen LogP contribution in [0.5, 0.6) is 0 Å². The Balaban J connectivity index is -0.000000120. The van der Waals surface area contributed by atoms with Gasteiger partial charge in [-0.25, -0.2) is 0 Å². The third-order valence-electron chi connectivity index (χ3n) is 2.99. The minimum atomic E-state index is -2.31. The maximum atomic E-state index is 9.98. The third-order valence-corrected chi connectivity index (χ3v) is 2.99. The SMILES string of the molecule is O=C([O-])[C@H](O)[C@@H](O)[C@H](O)[C@H](O)CO.O=C([O-])[C@H](O)[C@@H](O)[C@H](O)[C@H](O)CO.[Cl-].[Na+].[Sn+2]. The number of carboxylic acid groups (broad SMARTS) is 2. The van der Waals surface area contributed by atoms with Crippen LogP contribution in [0.15, 0.2) is 0 Å². The molecule has 0 fully saturated rings. The van der Waals surface area contributed by atoms with Gasteiger partial charge in [-0.2, -0.15) is 0 Å². The van der Waals surface area contributed by atoms with Crippen molar-refractivity contribution in [2.75, 3.05) is 13.2 Å². The van der Waals surface area contributed by atoms with Crippen molar-refractivity contribution in [1.29, 1.82) is 0 Å². The molecule has 8 atom stereocenters. The minimum Gasteiger partial charge on any atom is -1.00 e. The topological polar surface area (TPSA) is 283 Å². The van der Waals surface area contributed by atoms with E-state index in [9.17, 15) is 19.8 Å². The standard InChI is InChI=1S/2C6H12O7.ClH.Na.Sn/c2*7-1-2(8)3(9)4(10)5(11)6(12)13;;;/h2*2-5,7-11H,1H2,(H,12,13);1H;;/q;;;+1;+2/p-3/t2*2-,3-,4+,5-;;;/m11.../s1. The van der Waals surface area contributed by atoms with E-state index < -0.39 is 74.0 Å². The molecule has 0 aromatic rings. The van der Waals surface area contributed by atoms with Crippen LogP contribution in [0.3, 0.4) is 0 Å². The number of aliphatic hydroxyl groups is 10. The maximum absolute atomic E-state index is 9.98. The number of rotatable bonds is 10. The molecule has 0 amide bonds. The van der Waals surface area contributed by atoms with E-state index in [1.807, 2.05) is 0 Å². The van der Waals surface area contributed by atoms with Gasteiger partial charge in [0, 0.05) is 0 Å². The molecule has 29 heavy (non-hydrogen) atoms. The molecule has 0 aliphatic rings. The van der Waals surface area contributed by atoms with Gasteiger partial charge in [-0.05, 0) is 0 Å². The third kappa shape index (κ3) is 15.1. The molecule has 0 aliphatic carbocycles. The summed E-state index contributed by atoms with van der Waals surface area (Å²) in [7, 11) is 0. The van der Waals surface area contributed by atoms with E-state index in [0.29, 0.717) is 0 Å². The molecule has 0 saturated heterocycles. The van der Waals surface area contributed by atoms with Gasteiger partial charge in [0.25, 0.3) is 0 Å². The molecule has 17 heteroatoms. The zero-order valence-electron chi connectivity index (χ0n) is 15.0. The number of carbonyl (C=O) groups excluding carboxylic acids is 2. The summed E-state index contributed by atoms with van der Waals surface area (Å²) in [6.45, 7) is -1.73. The molecule has 0 saturated carbocycles. The van der Waals surface area contributed by atoms with Gasteiger partial charge in [-0.15, -0.1) is 0 Å². The van der Waals surface area contributed by atoms with Gasteiger partial charge in [0.2, 0.25) is 0 Å². The van der Waals surface area contributed by atoms with Crippen LogP contribution < -0.4 is 52.2 Å². The Morgan fingerprint density at radius 2 is 0.828 bits per heavy atom. The van der Waals surface area contributed by atoms with Gasteiger partial charge in [0.1, 0.15) is 48.8 Å². The fourth-order valence-corrected chi connectivity index (χ4v) is 1.32. The Kier molecular flexibility index (Phi) is 28.3. The van der Waals surface area contributed by atoms with E-state index in [1.54, 1.807) is 0 Å². The summed E-state index contributed by atoms with van der Waals surface area (Å²) in [5.74, 6) is -3.95. The predicted molar refractivity (Wildman–Crippen MR) is 78.0 cm³/mol. The monoisotopic (exact) mass is 568 g/mol. The zero-order chi connectivity index (χ0) is 21.2. The summed E-state index contributed by atoms with van der Waals surface area (Å²) in [6.07, 6.45) is -16.2. The minimum absolute atomic E-state index is 0. The molecule has 166 valence electrons. The van der Waals surface area contributed by atoms with Crippen molar-refractivity contribution in [3.8, 4) is 0 Å². The summed E-state index contributed by atoms with van der Waals surface area (Å²) >= 11 is 0. The molecule has 0 spiro atoms. The van der Waals surface area contributed by atoms with Crippen LogP contribution in [0.25, 0.3) is 0 Å². The first kappa shape index (κ1) is 40.0. The Morgan fingerprint density at radius 1 is 0.621 bits per heavy atom. The maximum Gasteiger partial charge on any atom is 2.00 e. The van der Waals surface area contributed by atoms with E-state index >= 15 is 0 Å². The van der Waals surface area contributed by atoms with Crippen molar-refractivity contribution in [1.82, 2.24) is 0 Å². The molecule has 0 heterocycles. The molecule has 0 rings (SSSR count). The van der Waals surface area contributed by atoms with Crippen molar-refractivity contribution >= 4 is 35.8 Å². The van der Waals surface area contributed by atoms with Crippen molar-refractivity contribution in [3.63, 3.8) is 0 Å². The van der Waals surface area contributed by atoms with E-state index in [4.69, 9.17) is 51.1 Å². The van der Waals surface area contributed by atoms with Crippen molar-refractivity contribution in [2.45, 2.75) is 48.8 Å². The quantitative estimate of drug-likeness (QED) is 0.110. The number of carboxylic acids is 2. The van der Waals surface area contributed by atoms with Crippen LogP contribution in [0.2, 0.25) is 0 Å². The van der Waals surface area contributed by atoms with Crippen LogP contribution in [-0.2, 0) is 9.59 Å². The molecule has 14 nitrogen and oxygen atoms in total. The van der Waals surface area contributed by atoms with Gasteiger partial charge in [0.15, 0.2) is 0 Å². The molecule has 0 aromatic heterocycles. The van der Waals surface area contributed by atoms with Crippen molar-refractivity contribution in [3.05, 3.63) is 0 Å². The Bertz CT molecular complexity index is 397. The first-order chi connectivity index (χ1) is 11.8. The molecule has 2 radical (unpaired) electrons. The number of halogens is 1. The first-order valence-electron chi connectivity index (χ1n) is 6.91. The van der Waals surface area contributed by atoms with Gasteiger partial charge in [-0.3, -0.25) is 0 Å². The predicted octanol–water partition coefficient (Wildman–Crippen LogP) is -16.0. The smallest absolute Gasteiger partial charge is 1.00 e. The molecule has 0 bridgehead atoms. The zero-order valence-corrected chi connectivity index (χ0v) is 20.6. The molecule has 0 aliphatic heterocycles. The molecular formula is C12H22ClNaO14Sn. The second kappa shape index (κ2) is 20.5. The van der Waals surface area contributed by atoms with E-state index in [0.717, 1.165) is 0 Å². The van der Waals surface area contributed by atoms with Crippen LogP contribution in [-0.4, -0.2) is 149 Å². The summed E-state index contributed by atoms with van der Waals surface area (Å²) in [5, 5.41) is 107. The second-order valence-electron chi connectivity index (χ2n) is 4.99. The molecule has 10 N–H and O–H groups in total. The number of hydrogen-bond acceptors (Lipinski definition) is 14. The summed E-state index contributed by atoms with van der Waals surface area (Å²) in [6, 6.07) is 0. The molecular weight excluding hydrogens is 545 g/mol. The summed E-state index contributed by atoms with van der Waals surface area (Å²) in [5.41, 5.74) is 0. The Labute approximate surface area is 209 Å². The first-order valence-corrected chi connectivity index (χ1v) is 6.91. The number of aliphatic carboxylic acids is 2. The number of carbonyl (C=O) groups is 2. The molecule has 0 aromatic carbocycles. The van der Waals surface area contributed by atoms with E-state index in [1.165, 1.54) is 0 Å². The fourth-order valence-electron chi connectivity index (χ4n) is 1.32. The molecule has 0 unspecified atom stereocenters. The van der Waals surface area contributed by atoms with Crippen LogP contribution in [0.4, 0.5) is 0 Å². The Morgan fingerprint density at radius 3 is 0.966 bits per heavy atom. The van der Waals surface area contributed by atoms with Gasteiger partial charge in [-0.1, -0.05) is 0 Å². The Hall–Kier alpha value is 0.629. The normalized spacial score (nSPS) is 18.3. The number of hydrogen-bond donors (Lipinski definition) is 10. The van der Waals surface area contributed by atoms with Gasteiger partial charge in [0.05, 0.1) is 25.2 Å². The van der Waals surface area contributed by atoms with E-state index in [-0.39, 0.29) is 65.9 Å². The van der Waals surface area contributed by atoms with Gasteiger partial charge >= 0.3 is 53.5 Å². The van der Waals surface area contributed by atoms with Crippen LogP contribution in [0, 0.1) is 0 Å². The number of aliphatic hydroxyl groups excluding tert-OH is 10. The van der Waals surface area contributed by atoms with E-state index in [2.05, 4.69) is 0 Å². The van der Waals surface area contributed by atoms with Crippen molar-refractivity contribution in [2.24, 2.45) is 0 Å².